The van der Waals surface area contributed by atoms with Gasteiger partial charge in [0.25, 0.3) is 0 Å². The van der Waals surface area contributed by atoms with E-state index in [9.17, 15) is 0 Å². The number of benzene rings is 1. The first-order valence-corrected chi connectivity index (χ1v) is 6.41. The fourth-order valence-electron chi connectivity index (χ4n) is 1.47. The Kier molecular flexibility index (Phi) is 6.61. The molecule has 1 N–H and O–H groups in total. The molecular weight excluding hydrogens is 250 g/mol. The van der Waals surface area contributed by atoms with Gasteiger partial charge in [-0.15, -0.1) is 0 Å². The van der Waals surface area contributed by atoms with Gasteiger partial charge < -0.3 is 14.8 Å². The Morgan fingerprint density at radius 1 is 1.39 bits per heavy atom. The standard InChI is InChI=1S/C14H20ClNO2/c1-4-7-17-13-6-5-12(9-16-3)14(8-13)18-10-11(2)15/h5-6,8,16H,2,4,7,9-10H2,1,3H3. The molecule has 0 bridgehead atoms. The van der Waals surface area contributed by atoms with Gasteiger partial charge in [0.2, 0.25) is 0 Å². The zero-order chi connectivity index (χ0) is 13.4. The topological polar surface area (TPSA) is 30.5 Å². The molecule has 0 aromatic heterocycles. The summed E-state index contributed by atoms with van der Waals surface area (Å²) in [5, 5.41) is 3.58. The zero-order valence-electron chi connectivity index (χ0n) is 11.0. The third-order valence-electron chi connectivity index (χ3n) is 2.26. The van der Waals surface area contributed by atoms with Gasteiger partial charge in [-0.25, -0.2) is 0 Å². The van der Waals surface area contributed by atoms with Crippen LogP contribution in [0.4, 0.5) is 0 Å². The predicted molar refractivity (Wildman–Crippen MR) is 75.5 cm³/mol. The van der Waals surface area contributed by atoms with Crippen molar-refractivity contribution in [2.45, 2.75) is 19.9 Å². The lowest BCUT2D eigenvalue weighted by Crippen LogP contribution is -2.08. The summed E-state index contributed by atoms with van der Waals surface area (Å²) in [4.78, 5) is 0. The number of halogens is 1. The Bertz CT molecular complexity index is 393. The van der Waals surface area contributed by atoms with Gasteiger partial charge in [0, 0.05) is 23.2 Å². The van der Waals surface area contributed by atoms with Gasteiger partial charge in [0.05, 0.1) is 6.61 Å². The second-order valence-electron chi connectivity index (χ2n) is 3.95. The van der Waals surface area contributed by atoms with Crippen molar-refractivity contribution in [2.75, 3.05) is 20.3 Å². The van der Waals surface area contributed by atoms with Gasteiger partial charge in [-0.05, 0) is 19.5 Å². The fourth-order valence-corrected chi connectivity index (χ4v) is 1.53. The first-order valence-electron chi connectivity index (χ1n) is 6.03. The molecule has 0 fully saturated rings. The van der Waals surface area contributed by atoms with Crippen molar-refractivity contribution >= 4 is 11.6 Å². The maximum Gasteiger partial charge on any atom is 0.128 e. The molecule has 0 saturated carbocycles. The van der Waals surface area contributed by atoms with E-state index >= 15 is 0 Å². The molecule has 1 aromatic carbocycles. The van der Waals surface area contributed by atoms with Gasteiger partial charge in [-0.1, -0.05) is 31.2 Å². The Morgan fingerprint density at radius 3 is 2.78 bits per heavy atom. The average molecular weight is 270 g/mol. The van der Waals surface area contributed by atoms with E-state index in [2.05, 4.69) is 18.8 Å². The van der Waals surface area contributed by atoms with E-state index < -0.39 is 0 Å². The maximum absolute atomic E-state index is 5.71. The minimum Gasteiger partial charge on any atom is -0.493 e. The Hall–Kier alpha value is -1.19. The highest BCUT2D eigenvalue weighted by Gasteiger charge is 2.06. The molecule has 0 heterocycles. The minimum atomic E-state index is 0.301. The fraction of sp³-hybridized carbons (Fsp3) is 0.429. The number of hydrogen-bond acceptors (Lipinski definition) is 3. The molecule has 0 amide bonds. The predicted octanol–water partition coefficient (Wildman–Crippen LogP) is 3.33. The van der Waals surface area contributed by atoms with Gasteiger partial charge >= 0.3 is 0 Å². The number of rotatable bonds is 8. The molecule has 0 unspecified atom stereocenters. The van der Waals surface area contributed by atoms with Crippen molar-refractivity contribution in [1.82, 2.24) is 5.32 Å². The van der Waals surface area contributed by atoms with Crippen LogP contribution in [0.2, 0.25) is 0 Å². The van der Waals surface area contributed by atoms with E-state index in [0.29, 0.717) is 18.2 Å². The number of nitrogens with one attached hydrogen (secondary N) is 1. The molecule has 3 nitrogen and oxygen atoms in total. The highest BCUT2D eigenvalue weighted by molar-refractivity contribution is 6.29. The molecule has 0 aliphatic carbocycles. The van der Waals surface area contributed by atoms with Gasteiger partial charge in [0.15, 0.2) is 0 Å². The van der Waals surface area contributed by atoms with Crippen molar-refractivity contribution in [3.63, 3.8) is 0 Å². The summed E-state index contributed by atoms with van der Waals surface area (Å²) >= 11 is 5.71. The molecule has 0 aliphatic heterocycles. The molecule has 1 rings (SSSR count). The Balaban J connectivity index is 2.81. The normalized spacial score (nSPS) is 10.2. The second-order valence-corrected chi connectivity index (χ2v) is 4.49. The highest BCUT2D eigenvalue weighted by Crippen LogP contribution is 2.25. The summed E-state index contributed by atoms with van der Waals surface area (Å²) in [6, 6.07) is 5.83. The van der Waals surface area contributed by atoms with Crippen LogP contribution in [0.15, 0.2) is 29.8 Å². The van der Waals surface area contributed by atoms with Crippen LogP contribution in [0.25, 0.3) is 0 Å². The summed E-state index contributed by atoms with van der Waals surface area (Å²) in [5.74, 6) is 1.59. The lowest BCUT2D eigenvalue weighted by atomic mass is 10.2. The largest absolute Gasteiger partial charge is 0.493 e. The van der Waals surface area contributed by atoms with Crippen LogP contribution in [-0.4, -0.2) is 20.3 Å². The van der Waals surface area contributed by atoms with E-state index in [0.717, 1.165) is 30.0 Å². The van der Waals surface area contributed by atoms with Crippen LogP contribution in [0.1, 0.15) is 18.9 Å². The van der Waals surface area contributed by atoms with Crippen LogP contribution < -0.4 is 14.8 Å². The molecule has 0 aliphatic rings. The molecule has 0 radical (unpaired) electrons. The zero-order valence-corrected chi connectivity index (χ0v) is 11.7. The third-order valence-corrected chi connectivity index (χ3v) is 2.37. The van der Waals surface area contributed by atoms with E-state index in [1.807, 2.05) is 25.2 Å². The van der Waals surface area contributed by atoms with Crippen LogP contribution in [-0.2, 0) is 6.54 Å². The monoisotopic (exact) mass is 269 g/mol. The van der Waals surface area contributed by atoms with Crippen molar-refractivity contribution in [3.05, 3.63) is 35.4 Å². The smallest absolute Gasteiger partial charge is 0.128 e. The summed E-state index contributed by atoms with van der Waals surface area (Å²) in [6.07, 6.45) is 0.979. The Labute approximate surface area is 114 Å². The quantitative estimate of drug-likeness (QED) is 0.785. The molecule has 0 saturated heterocycles. The van der Waals surface area contributed by atoms with Gasteiger partial charge in [-0.2, -0.15) is 0 Å². The third kappa shape index (κ3) is 4.98. The van der Waals surface area contributed by atoms with Crippen molar-refractivity contribution < 1.29 is 9.47 Å². The van der Waals surface area contributed by atoms with E-state index in [1.54, 1.807) is 0 Å². The van der Waals surface area contributed by atoms with Crippen molar-refractivity contribution in [2.24, 2.45) is 0 Å². The molecule has 0 spiro atoms. The summed E-state index contributed by atoms with van der Waals surface area (Å²) in [5.41, 5.74) is 1.07. The second kappa shape index (κ2) is 8.01. The molecule has 0 atom stereocenters. The average Bonchev–Trinajstić information content (AvgIpc) is 2.36. The summed E-state index contributed by atoms with van der Waals surface area (Å²) in [6.45, 7) is 7.42. The van der Waals surface area contributed by atoms with Gasteiger partial charge in [0.1, 0.15) is 18.1 Å². The summed E-state index contributed by atoms with van der Waals surface area (Å²) in [7, 11) is 1.89. The van der Waals surface area contributed by atoms with Crippen LogP contribution in [0.3, 0.4) is 0 Å². The first-order chi connectivity index (χ1) is 8.67. The molecular formula is C14H20ClNO2. The van der Waals surface area contributed by atoms with Crippen molar-refractivity contribution in [3.8, 4) is 11.5 Å². The van der Waals surface area contributed by atoms with Crippen LogP contribution in [0.5, 0.6) is 11.5 Å². The molecule has 100 valence electrons. The Morgan fingerprint density at radius 2 is 2.17 bits per heavy atom. The van der Waals surface area contributed by atoms with Crippen LogP contribution in [0, 0.1) is 0 Å². The molecule has 18 heavy (non-hydrogen) atoms. The molecule has 1 aromatic rings. The van der Waals surface area contributed by atoms with E-state index in [1.165, 1.54) is 0 Å². The lowest BCUT2D eigenvalue weighted by molar-refractivity contribution is 0.310. The van der Waals surface area contributed by atoms with E-state index in [4.69, 9.17) is 21.1 Å². The van der Waals surface area contributed by atoms with E-state index in [-0.39, 0.29) is 0 Å². The van der Waals surface area contributed by atoms with Gasteiger partial charge in [-0.3, -0.25) is 0 Å². The molecule has 4 heteroatoms. The maximum atomic E-state index is 5.71. The SMILES string of the molecule is C=C(Cl)COc1cc(OCCC)ccc1CNC. The highest BCUT2D eigenvalue weighted by atomic mass is 35.5. The number of hydrogen-bond donors (Lipinski definition) is 1. The van der Waals surface area contributed by atoms with Crippen molar-refractivity contribution in [1.29, 1.82) is 0 Å². The minimum absolute atomic E-state index is 0.301. The lowest BCUT2D eigenvalue weighted by Gasteiger charge is -2.13. The number of ether oxygens (including phenoxy) is 2. The van der Waals surface area contributed by atoms with Crippen LogP contribution >= 0.6 is 11.6 Å². The first kappa shape index (κ1) is 14.9. The summed E-state index contributed by atoms with van der Waals surface area (Å²) < 4.78 is 11.2.